The molecular formula is C11H14N4. The van der Waals surface area contributed by atoms with E-state index in [1.807, 2.05) is 13.0 Å². The van der Waals surface area contributed by atoms with E-state index in [1.54, 1.807) is 10.7 Å². The number of fused-ring (bicyclic) bond motifs is 1. The molecule has 78 valence electrons. The summed E-state index contributed by atoms with van der Waals surface area (Å²) in [7, 11) is 0. The Hall–Kier alpha value is -1.58. The first-order valence-corrected chi connectivity index (χ1v) is 5.34. The van der Waals surface area contributed by atoms with Crippen molar-refractivity contribution < 1.29 is 0 Å². The van der Waals surface area contributed by atoms with Gasteiger partial charge < -0.3 is 5.73 Å². The molecule has 0 aromatic carbocycles. The molecule has 2 aromatic rings. The Kier molecular flexibility index (Phi) is 1.71. The fourth-order valence-electron chi connectivity index (χ4n) is 1.87. The van der Waals surface area contributed by atoms with Crippen LogP contribution in [0.3, 0.4) is 0 Å². The van der Waals surface area contributed by atoms with E-state index in [1.165, 1.54) is 12.8 Å². The largest absolute Gasteiger partial charge is 0.384 e. The minimum absolute atomic E-state index is 0.684. The molecule has 4 nitrogen and oxygen atoms in total. The maximum absolute atomic E-state index is 5.93. The molecule has 0 bridgehead atoms. The van der Waals surface area contributed by atoms with Gasteiger partial charge >= 0.3 is 0 Å². The number of anilines is 1. The number of nitrogens with two attached hydrogens (primary N) is 1. The predicted octanol–water partition coefficient (Wildman–Crippen LogP) is 1.57. The van der Waals surface area contributed by atoms with Crippen LogP contribution in [0.4, 0.5) is 5.82 Å². The van der Waals surface area contributed by atoms with Crippen LogP contribution >= 0.6 is 0 Å². The van der Waals surface area contributed by atoms with E-state index in [0.717, 1.165) is 29.2 Å². The van der Waals surface area contributed by atoms with Crippen LogP contribution in [0.15, 0.2) is 12.3 Å². The Balaban J connectivity index is 2.11. The monoisotopic (exact) mass is 202 g/mol. The summed E-state index contributed by atoms with van der Waals surface area (Å²) in [5, 5.41) is 4.18. The third kappa shape index (κ3) is 1.46. The summed E-state index contributed by atoms with van der Waals surface area (Å²) in [6.45, 7) is 2.01. The van der Waals surface area contributed by atoms with Gasteiger partial charge in [0.1, 0.15) is 5.82 Å². The summed E-state index contributed by atoms with van der Waals surface area (Å²) in [5.74, 6) is 1.52. The van der Waals surface area contributed by atoms with Crippen molar-refractivity contribution in [2.75, 3.05) is 5.73 Å². The van der Waals surface area contributed by atoms with Gasteiger partial charge in [-0.25, -0.2) is 4.98 Å². The van der Waals surface area contributed by atoms with Crippen molar-refractivity contribution in [2.24, 2.45) is 5.92 Å². The molecule has 4 heteroatoms. The van der Waals surface area contributed by atoms with Crippen molar-refractivity contribution in [3.8, 4) is 0 Å². The summed E-state index contributed by atoms with van der Waals surface area (Å²) >= 11 is 0. The molecule has 2 aromatic heterocycles. The van der Waals surface area contributed by atoms with Gasteiger partial charge in [0.2, 0.25) is 0 Å². The molecule has 15 heavy (non-hydrogen) atoms. The first-order valence-electron chi connectivity index (χ1n) is 5.34. The van der Waals surface area contributed by atoms with Crippen LogP contribution in [0.1, 0.15) is 24.1 Å². The SMILES string of the molecule is Cc1cnn2c(N)cc(CC3CC3)nc12. The van der Waals surface area contributed by atoms with Gasteiger partial charge in [-0.15, -0.1) is 0 Å². The lowest BCUT2D eigenvalue weighted by molar-refractivity contribution is 0.798. The second kappa shape index (κ2) is 2.95. The number of nitrogen functional groups attached to an aromatic ring is 1. The summed E-state index contributed by atoms with van der Waals surface area (Å²) in [4.78, 5) is 4.60. The minimum Gasteiger partial charge on any atom is -0.384 e. The number of hydrogen-bond acceptors (Lipinski definition) is 3. The summed E-state index contributed by atoms with van der Waals surface area (Å²) in [5.41, 5.74) is 9.01. The van der Waals surface area contributed by atoms with Crippen LogP contribution in [0.5, 0.6) is 0 Å². The Morgan fingerprint density at radius 1 is 1.53 bits per heavy atom. The highest BCUT2D eigenvalue weighted by Crippen LogP contribution is 2.32. The first-order chi connectivity index (χ1) is 7.24. The maximum Gasteiger partial charge on any atom is 0.160 e. The van der Waals surface area contributed by atoms with Crippen LogP contribution in [0.2, 0.25) is 0 Å². The molecule has 1 aliphatic carbocycles. The topological polar surface area (TPSA) is 56.2 Å². The molecule has 0 unspecified atom stereocenters. The summed E-state index contributed by atoms with van der Waals surface area (Å²) in [6.07, 6.45) is 5.54. The van der Waals surface area contributed by atoms with E-state index in [9.17, 15) is 0 Å². The van der Waals surface area contributed by atoms with Crippen LogP contribution in [0, 0.1) is 12.8 Å². The van der Waals surface area contributed by atoms with E-state index in [2.05, 4.69) is 10.1 Å². The molecule has 1 aliphatic rings. The molecule has 0 radical (unpaired) electrons. The zero-order chi connectivity index (χ0) is 10.4. The fraction of sp³-hybridized carbons (Fsp3) is 0.455. The highest BCUT2D eigenvalue weighted by Gasteiger charge is 2.22. The third-order valence-corrected chi connectivity index (χ3v) is 2.92. The number of rotatable bonds is 2. The quantitative estimate of drug-likeness (QED) is 0.804. The standard InChI is InChI=1S/C11H14N4/c1-7-6-13-15-10(12)5-9(14-11(7)15)4-8-2-3-8/h5-6,8H,2-4,12H2,1H3. The van der Waals surface area contributed by atoms with Crippen LogP contribution in [0.25, 0.3) is 5.65 Å². The predicted molar refractivity (Wildman–Crippen MR) is 58.6 cm³/mol. The van der Waals surface area contributed by atoms with E-state index in [4.69, 9.17) is 5.73 Å². The van der Waals surface area contributed by atoms with Crippen molar-refractivity contribution in [1.29, 1.82) is 0 Å². The molecule has 0 spiro atoms. The van der Waals surface area contributed by atoms with Crippen molar-refractivity contribution in [2.45, 2.75) is 26.2 Å². The third-order valence-electron chi connectivity index (χ3n) is 2.92. The average Bonchev–Trinajstić information content (AvgIpc) is 2.92. The van der Waals surface area contributed by atoms with Crippen molar-refractivity contribution in [3.05, 3.63) is 23.5 Å². The zero-order valence-electron chi connectivity index (χ0n) is 8.77. The highest BCUT2D eigenvalue weighted by molar-refractivity contribution is 5.52. The molecule has 0 amide bonds. The highest BCUT2D eigenvalue weighted by atomic mass is 15.3. The van der Waals surface area contributed by atoms with Gasteiger partial charge in [0.05, 0.1) is 6.20 Å². The van der Waals surface area contributed by atoms with E-state index in [0.29, 0.717) is 5.82 Å². The molecule has 0 atom stereocenters. The molecule has 1 fully saturated rings. The van der Waals surface area contributed by atoms with Crippen LogP contribution < -0.4 is 5.73 Å². The Labute approximate surface area is 88.1 Å². The number of nitrogens with zero attached hydrogens (tertiary/aromatic N) is 3. The van der Waals surface area contributed by atoms with Crippen LogP contribution in [-0.2, 0) is 6.42 Å². The zero-order valence-corrected chi connectivity index (χ0v) is 8.77. The first kappa shape index (κ1) is 8.71. The molecule has 0 aliphatic heterocycles. The minimum atomic E-state index is 0.684. The smallest absolute Gasteiger partial charge is 0.160 e. The second-order valence-corrected chi connectivity index (χ2v) is 4.38. The molecule has 2 N–H and O–H groups in total. The van der Waals surface area contributed by atoms with Crippen LogP contribution in [-0.4, -0.2) is 14.6 Å². The molecule has 3 rings (SSSR count). The van der Waals surface area contributed by atoms with Gasteiger partial charge in [0, 0.05) is 17.3 Å². The van der Waals surface area contributed by atoms with Crippen molar-refractivity contribution in [3.63, 3.8) is 0 Å². The molecule has 1 saturated carbocycles. The number of aryl methyl sites for hydroxylation is 1. The number of aromatic nitrogens is 3. The van der Waals surface area contributed by atoms with Crippen molar-refractivity contribution in [1.82, 2.24) is 14.6 Å². The maximum atomic E-state index is 5.93. The van der Waals surface area contributed by atoms with E-state index < -0.39 is 0 Å². The summed E-state index contributed by atoms with van der Waals surface area (Å²) in [6, 6.07) is 1.94. The van der Waals surface area contributed by atoms with E-state index in [-0.39, 0.29) is 0 Å². The molecule has 0 saturated heterocycles. The summed E-state index contributed by atoms with van der Waals surface area (Å²) < 4.78 is 1.70. The van der Waals surface area contributed by atoms with Gasteiger partial charge in [-0.1, -0.05) is 0 Å². The van der Waals surface area contributed by atoms with Gasteiger partial charge in [-0.2, -0.15) is 9.61 Å². The number of hydrogen-bond donors (Lipinski definition) is 1. The van der Waals surface area contributed by atoms with Gasteiger partial charge in [0.25, 0.3) is 0 Å². The lowest BCUT2D eigenvalue weighted by Crippen LogP contribution is -2.03. The molecular weight excluding hydrogens is 188 g/mol. The average molecular weight is 202 g/mol. The lowest BCUT2D eigenvalue weighted by atomic mass is 10.2. The lowest BCUT2D eigenvalue weighted by Gasteiger charge is -2.03. The Morgan fingerprint density at radius 2 is 2.33 bits per heavy atom. The second-order valence-electron chi connectivity index (χ2n) is 4.38. The van der Waals surface area contributed by atoms with Crippen molar-refractivity contribution >= 4 is 11.5 Å². The van der Waals surface area contributed by atoms with E-state index >= 15 is 0 Å². The van der Waals surface area contributed by atoms with Gasteiger partial charge in [-0.05, 0) is 32.1 Å². The van der Waals surface area contributed by atoms with Gasteiger partial charge in [0.15, 0.2) is 5.65 Å². The van der Waals surface area contributed by atoms with Gasteiger partial charge in [-0.3, -0.25) is 0 Å². The Morgan fingerprint density at radius 3 is 3.07 bits per heavy atom. The fourth-order valence-corrected chi connectivity index (χ4v) is 1.87. The normalized spacial score (nSPS) is 16.1. The molecule has 2 heterocycles. The Bertz CT molecular complexity index is 511.